The van der Waals surface area contributed by atoms with Crippen molar-refractivity contribution in [1.29, 1.82) is 0 Å². The zero-order valence-corrected chi connectivity index (χ0v) is 13.6. The Hall–Kier alpha value is -1.59. The molecule has 0 spiro atoms. The van der Waals surface area contributed by atoms with Gasteiger partial charge in [0.2, 0.25) is 0 Å². The predicted octanol–water partition coefficient (Wildman–Crippen LogP) is 2.54. The summed E-state index contributed by atoms with van der Waals surface area (Å²) in [7, 11) is 0.278. The van der Waals surface area contributed by atoms with Gasteiger partial charge >= 0.3 is 0 Å². The van der Waals surface area contributed by atoms with Crippen molar-refractivity contribution in [3.05, 3.63) is 42.0 Å². The van der Waals surface area contributed by atoms with E-state index in [0.29, 0.717) is 0 Å². The van der Waals surface area contributed by atoms with Crippen LogP contribution in [0.2, 0.25) is 0 Å². The van der Waals surface area contributed by atoms with Gasteiger partial charge in [-0.3, -0.25) is 0 Å². The second kappa shape index (κ2) is 6.03. The lowest BCUT2D eigenvalue weighted by Gasteiger charge is -2.24. The quantitative estimate of drug-likeness (QED) is 0.922. The molecule has 2 atom stereocenters. The van der Waals surface area contributed by atoms with Crippen molar-refractivity contribution in [2.45, 2.75) is 18.2 Å². The summed E-state index contributed by atoms with van der Waals surface area (Å²) in [6.07, 6.45) is 1.27. The molecule has 0 aliphatic heterocycles. The number of benzene rings is 2. The van der Waals surface area contributed by atoms with E-state index < -0.39 is 15.1 Å². The average molecular weight is 307 g/mol. The number of sulfone groups is 1. The number of hydrogen-bond donors (Lipinski definition) is 1. The standard InChI is InChI=1S/C16H21NO3S/c1-11(21(4,18)19)16(17-2)14-9-10-15(20-3)13-8-6-5-7-12(13)14/h5-11,16-17H,1-4H3. The van der Waals surface area contributed by atoms with E-state index in [2.05, 4.69) is 5.32 Å². The molecule has 2 aromatic rings. The molecule has 0 heterocycles. The lowest BCUT2D eigenvalue weighted by molar-refractivity contribution is 0.419. The van der Waals surface area contributed by atoms with E-state index >= 15 is 0 Å². The second-order valence-electron chi connectivity index (χ2n) is 5.20. The summed E-state index contributed by atoms with van der Waals surface area (Å²) in [5.74, 6) is 0.788. The highest BCUT2D eigenvalue weighted by Gasteiger charge is 2.27. The van der Waals surface area contributed by atoms with Crippen LogP contribution < -0.4 is 10.1 Å². The molecule has 21 heavy (non-hydrogen) atoms. The van der Waals surface area contributed by atoms with Gasteiger partial charge in [-0.05, 0) is 31.0 Å². The number of rotatable bonds is 5. The van der Waals surface area contributed by atoms with Crippen LogP contribution in [0.1, 0.15) is 18.5 Å². The van der Waals surface area contributed by atoms with Gasteiger partial charge < -0.3 is 10.1 Å². The molecule has 0 bridgehead atoms. The number of nitrogens with one attached hydrogen (secondary N) is 1. The van der Waals surface area contributed by atoms with Gasteiger partial charge in [0, 0.05) is 17.7 Å². The fraction of sp³-hybridized carbons (Fsp3) is 0.375. The highest BCUT2D eigenvalue weighted by molar-refractivity contribution is 7.91. The van der Waals surface area contributed by atoms with Gasteiger partial charge in [-0.25, -0.2) is 8.42 Å². The van der Waals surface area contributed by atoms with Crippen molar-refractivity contribution < 1.29 is 13.2 Å². The molecule has 2 aromatic carbocycles. The fourth-order valence-electron chi connectivity index (χ4n) is 2.63. The highest BCUT2D eigenvalue weighted by atomic mass is 32.2. The Bertz CT molecular complexity index is 740. The van der Waals surface area contributed by atoms with Crippen molar-refractivity contribution in [3.63, 3.8) is 0 Å². The van der Waals surface area contributed by atoms with Gasteiger partial charge in [0.15, 0.2) is 9.84 Å². The van der Waals surface area contributed by atoms with Crippen LogP contribution in [-0.4, -0.2) is 34.1 Å². The van der Waals surface area contributed by atoms with E-state index in [4.69, 9.17) is 4.74 Å². The maximum Gasteiger partial charge on any atom is 0.151 e. The van der Waals surface area contributed by atoms with Crippen molar-refractivity contribution in [3.8, 4) is 5.75 Å². The fourth-order valence-corrected chi connectivity index (χ4v) is 3.41. The van der Waals surface area contributed by atoms with E-state index in [1.165, 1.54) is 6.26 Å². The zero-order valence-electron chi connectivity index (χ0n) is 12.8. The molecule has 114 valence electrons. The summed E-state index contributed by atoms with van der Waals surface area (Å²) in [6.45, 7) is 1.73. The topological polar surface area (TPSA) is 55.4 Å². The molecule has 0 fully saturated rings. The maximum absolute atomic E-state index is 11.9. The highest BCUT2D eigenvalue weighted by Crippen LogP contribution is 2.33. The van der Waals surface area contributed by atoms with E-state index in [1.807, 2.05) is 36.4 Å². The summed E-state index contributed by atoms with van der Waals surface area (Å²) in [5.41, 5.74) is 0.965. The molecule has 1 N–H and O–H groups in total. The van der Waals surface area contributed by atoms with Crippen LogP contribution >= 0.6 is 0 Å². The van der Waals surface area contributed by atoms with Crippen molar-refractivity contribution >= 4 is 20.6 Å². The van der Waals surface area contributed by atoms with Gasteiger partial charge in [0.1, 0.15) is 5.75 Å². The van der Waals surface area contributed by atoms with E-state index in [-0.39, 0.29) is 6.04 Å². The Morgan fingerprint density at radius 3 is 2.24 bits per heavy atom. The van der Waals surface area contributed by atoms with Crippen LogP contribution in [0.3, 0.4) is 0 Å². The van der Waals surface area contributed by atoms with E-state index in [0.717, 1.165) is 22.1 Å². The van der Waals surface area contributed by atoms with Crippen LogP contribution in [0, 0.1) is 0 Å². The Kier molecular flexibility index (Phi) is 4.54. The third-order valence-electron chi connectivity index (χ3n) is 3.93. The molecular weight excluding hydrogens is 286 g/mol. The lowest BCUT2D eigenvalue weighted by atomic mass is 9.96. The van der Waals surface area contributed by atoms with Crippen molar-refractivity contribution in [1.82, 2.24) is 5.32 Å². The molecule has 0 saturated carbocycles. The minimum Gasteiger partial charge on any atom is -0.496 e. The molecule has 0 amide bonds. The average Bonchev–Trinajstić information content (AvgIpc) is 2.47. The third kappa shape index (κ3) is 3.04. The zero-order chi connectivity index (χ0) is 15.6. The Morgan fingerprint density at radius 1 is 1.10 bits per heavy atom. The molecule has 0 aliphatic carbocycles. The summed E-state index contributed by atoms with van der Waals surface area (Å²) >= 11 is 0. The molecule has 4 nitrogen and oxygen atoms in total. The van der Waals surface area contributed by atoms with Crippen LogP contribution in [0.5, 0.6) is 5.75 Å². The Balaban J connectivity index is 2.65. The number of hydrogen-bond acceptors (Lipinski definition) is 4. The smallest absolute Gasteiger partial charge is 0.151 e. The first kappa shape index (κ1) is 15.8. The predicted molar refractivity (Wildman–Crippen MR) is 86.6 cm³/mol. The van der Waals surface area contributed by atoms with Gasteiger partial charge in [-0.15, -0.1) is 0 Å². The first-order valence-electron chi connectivity index (χ1n) is 6.82. The first-order valence-corrected chi connectivity index (χ1v) is 8.77. The normalized spacial score (nSPS) is 14.9. The number of fused-ring (bicyclic) bond motifs is 1. The summed E-state index contributed by atoms with van der Waals surface area (Å²) < 4.78 is 29.2. The Labute approximate surface area is 126 Å². The second-order valence-corrected chi connectivity index (χ2v) is 7.61. The SMILES string of the molecule is CNC(c1ccc(OC)c2ccccc12)C(C)S(C)(=O)=O. The number of methoxy groups -OCH3 is 1. The summed E-state index contributed by atoms with van der Waals surface area (Å²) in [6, 6.07) is 11.4. The third-order valence-corrected chi connectivity index (χ3v) is 5.55. The van der Waals surface area contributed by atoms with Crippen LogP contribution in [0.4, 0.5) is 0 Å². The molecule has 5 heteroatoms. The van der Waals surface area contributed by atoms with Gasteiger partial charge in [-0.1, -0.05) is 30.3 Å². The molecule has 0 radical (unpaired) electrons. The van der Waals surface area contributed by atoms with Gasteiger partial charge in [0.25, 0.3) is 0 Å². The van der Waals surface area contributed by atoms with Crippen molar-refractivity contribution in [2.75, 3.05) is 20.4 Å². The number of ether oxygens (including phenoxy) is 1. The van der Waals surface area contributed by atoms with Gasteiger partial charge in [-0.2, -0.15) is 0 Å². The minimum absolute atomic E-state index is 0.268. The van der Waals surface area contributed by atoms with Crippen molar-refractivity contribution in [2.24, 2.45) is 0 Å². The van der Waals surface area contributed by atoms with Gasteiger partial charge in [0.05, 0.1) is 12.4 Å². The molecule has 0 aliphatic rings. The molecule has 2 rings (SSSR count). The summed E-state index contributed by atoms with van der Waals surface area (Å²) in [5, 5.41) is 4.61. The monoisotopic (exact) mass is 307 g/mol. The summed E-state index contributed by atoms with van der Waals surface area (Å²) in [4.78, 5) is 0. The maximum atomic E-state index is 11.9. The largest absolute Gasteiger partial charge is 0.496 e. The molecule has 0 saturated heterocycles. The molecule has 2 unspecified atom stereocenters. The Morgan fingerprint density at radius 2 is 1.71 bits per heavy atom. The minimum atomic E-state index is -3.14. The van der Waals surface area contributed by atoms with E-state index in [9.17, 15) is 8.42 Å². The lowest BCUT2D eigenvalue weighted by Crippen LogP contribution is -2.33. The van der Waals surface area contributed by atoms with E-state index in [1.54, 1.807) is 21.1 Å². The van der Waals surface area contributed by atoms with Crippen LogP contribution in [0.25, 0.3) is 10.8 Å². The molecular formula is C16H21NO3S. The van der Waals surface area contributed by atoms with Crippen LogP contribution in [-0.2, 0) is 9.84 Å². The first-order chi connectivity index (χ1) is 9.90. The molecule has 0 aromatic heterocycles. The van der Waals surface area contributed by atoms with Crippen LogP contribution in [0.15, 0.2) is 36.4 Å².